The average Bonchev–Trinajstić information content (AvgIpc) is 3.21. The summed E-state index contributed by atoms with van der Waals surface area (Å²) in [7, 11) is 2.15. The summed E-state index contributed by atoms with van der Waals surface area (Å²) in [5.74, 6) is 0.922. The van der Waals surface area contributed by atoms with E-state index in [2.05, 4.69) is 57.7 Å². The molecule has 2 heterocycles. The molecule has 1 aliphatic rings. The largest absolute Gasteiger partial charge is 0.507 e. The number of aromatic nitrogens is 3. The van der Waals surface area contributed by atoms with Gasteiger partial charge in [0.05, 0.1) is 23.8 Å². The highest BCUT2D eigenvalue weighted by atomic mass is 16.3. The first kappa shape index (κ1) is 19.8. The van der Waals surface area contributed by atoms with Gasteiger partial charge < -0.3 is 10.0 Å². The fourth-order valence-electron chi connectivity index (χ4n) is 3.27. The fourth-order valence-corrected chi connectivity index (χ4v) is 3.27. The van der Waals surface area contributed by atoms with E-state index in [0.717, 1.165) is 18.9 Å². The fraction of sp³-hybridized carbons (Fsp3) is 0.400. The normalized spacial score (nSPS) is 21.8. The van der Waals surface area contributed by atoms with Gasteiger partial charge in [-0.1, -0.05) is 6.58 Å². The van der Waals surface area contributed by atoms with Gasteiger partial charge >= 0.3 is 0 Å². The Morgan fingerprint density at radius 3 is 2.39 bits per heavy atom. The zero-order valence-electron chi connectivity index (χ0n) is 16.8. The Labute approximate surface area is 165 Å². The van der Waals surface area contributed by atoms with Crippen LogP contribution in [0.1, 0.15) is 26.3 Å². The summed E-state index contributed by atoms with van der Waals surface area (Å²) >= 11 is 0. The summed E-state index contributed by atoms with van der Waals surface area (Å²) in [6.07, 6.45) is 4.76. The van der Waals surface area contributed by atoms with E-state index in [1.54, 1.807) is 30.6 Å². The van der Waals surface area contributed by atoms with Crippen LogP contribution < -0.4 is 0 Å². The molecule has 8 heteroatoms. The van der Waals surface area contributed by atoms with Gasteiger partial charge in [0.25, 0.3) is 0 Å². The Kier molecular flexibility index (Phi) is 5.89. The summed E-state index contributed by atoms with van der Waals surface area (Å²) < 4.78 is 0. The molecule has 28 heavy (non-hydrogen) atoms. The summed E-state index contributed by atoms with van der Waals surface area (Å²) in [5.41, 5.74) is 1.73. The molecular formula is C20H27N7O. The van der Waals surface area contributed by atoms with Crippen molar-refractivity contribution in [2.45, 2.75) is 32.9 Å². The molecule has 1 aliphatic heterocycles. The first-order valence-corrected chi connectivity index (χ1v) is 9.32. The summed E-state index contributed by atoms with van der Waals surface area (Å²) in [4.78, 5) is 6.05. The van der Waals surface area contributed by atoms with Crippen LogP contribution in [0.25, 0.3) is 5.69 Å². The second-order valence-electron chi connectivity index (χ2n) is 7.13. The molecule has 0 radical (unpaired) electrons. The third-order valence-electron chi connectivity index (χ3n) is 5.22. The predicted molar refractivity (Wildman–Crippen MR) is 111 cm³/mol. The summed E-state index contributed by atoms with van der Waals surface area (Å²) in [5, 5.41) is 27.3. The van der Waals surface area contributed by atoms with E-state index in [0.29, 0.717) is 29.0 Å². The molecular weight excluding hydrogens is 354 g/mol. The number of nitrogens with zero attached hydrogens (tertiary/aromatic N) is 7. The predicted octanol–water partition coefficient (Wildman–Crippen LogP) is 2.31. The molecule has 1 aromatic carbocycles. The maximum atomic E-state index is 10.4. The monoisotopic (exact) mass is 381 g/mol. The van der Waals surface area contributed by atoms with Gasteiger partial charge in [0, 0.05) is 36.8 Å². The van der Waals surface area contributed by atoms with Crippen molar-refractivity contribution in [3.63, 3.8) is 0 Å². The molecule has 8 nitrogen and oxygen atoms in total. The average molecular weight is 381 g/mol. The number of piperazine rings is 1. The molecule has 0 spiro atoms. The molecule has 0 saturated carbocycles. The smallest absolute Gasteiger partial charge is 0.127 e. The number of phenolic OH excluding ortho intramolecular Hbond substituents is 1. The van der Waals surface area contributed by atoms with Gasteiger partial charge in [-0.15, -0.1) is 10.2 Å². The van der Waals surface area contributed by atoms with Crippen LogP contribution in [0.2, 0.25) is 0 Å². The quantitative estimate of drug-likeness (QED) is 0.499. The number of likely N-dealkylation sites (N-methyl/N-ethyl adjacent to an activating group) is 1. The standard InChI is InChI=1S/C20H27N7O/c1-6-19(18-8-7-17(11-20(18)28)27-21-9-10-22-27)24-23-16(4)26-12-14(2)25(5)15(3)13-26/h6-11,14-15,28H,1,12-13H2,2-5H3/b23-16+,24-19+/t14-,15+. The van der Waals surface area contributed by atoms with Crippen LogP contribution in [0, 0.1) is 0 Å². The topological polar surface area (TPSA) is 82.1 Å². The number of allylic oxidation sites excluding steroid dienone is 1. The van der Waals surface area contributed by atoms with Gasteiger partial charge in [0.1, 0.15) is 11.6 Å². The Balaban J connectivity index is 1.82. The highest BCUT2D eigenvalue weighted by molar-refractivity contribution is 6.10. The van der Waals surface area contributed by atoms with Crippen molar-refractivity contribution in [2.24, 2.45) is 10.2 Å². The number of hydrogen-bond acceptors (Lipinski definition) is 6. The van der Waals surface area contributed by atoms with Crippen molar-refractivity contribution in [3.05, 3.63) is 48.8 Å². The molecule has 2 aromatic rings. The third kappa shape index (κ3) is 4.12. The highest BCUT2D eigenvalue weighted by Crippen LogP contribution is 2.22. The molecule has 1 N–H and O–H groups in total. The van der Waals surface area contributed by atoms with Crippen LogP contribution in [-0.4, -0.2) is 73.7 Å². The zero-order chi connectivity index (χ0) is 20.3. The van der Waals surface area contributed by atoms with E-state index in [-0.39, 0.29) is 5.75 Å². The summed E-state index contributed by atoms with van der Waals surface area (Å²) in [6, 6.07) is 6.07. The Morgan fingerprint density at radius 1 is 1.18 bits per heavy atom. The van der Waals surface area contributed by atoms with E-state index in [1.165, 1.54) is 4.80 Å². The van der Waals surface area contributed by atoms with Crippen LogP contribution in [0.5, 0.6) is 5.75 Å². The van der Waals surface area contributed by atoms with Crippen molar-refractivity contribution in [1.82, 2.24) is 24.8 Å². The van der Waals surface area contributed by atoms with Crippen LogP contribution in [-0.2, 0) is 0 Å². The lowest BCUT2D eigenvalue weighted by Gasteiger charge is -2.43. The van der Waals surface area contributed by atoms with Crippen molar-refractivity contribution in [3.8, 4) is 11.4 Å². The number of aromatic hydroxyl groups is 1. The lowest BCUT2D eigenvalue weighted by atomic mass is 10.1. The van der Waals surface area contributed by atoms with Crippen LogP contribution >= 0.6 is 0 Å². The maximum absolute atomic E-state index is 10.4. The van der Waals surface area contributed by atoms with Gasteiger partial charge in [-0.3, -0.25) is 4.90 Å². The Hall–Kier alpha value is -3.00. The number of benzene rings is 1. The Bertz CT molecular complexity index is 876. The lowest BCUT2D eigenvalue weighted by molar-refractivity contribution is 0.0984. The van der Waals surface area contributed by atoms with Gasteiger partial charge in [0.15, 0.2) is 0 Å². The second-order valence-corrected chi connectivity index (χ2v) is 7.13. The minimum atomic E-state index is 0.0724. The second kappa shape index (κ2) is 8.35. The van der Waals surface area contributed by atoms with Crippen molar-refractivity contribution in [2.75, 3.05) is 20.1 Å². The van der Waals surface area contributed by atoms with Crippen molar-refractivity contribution in [1.29, 1.82) is 0 Å². The van der Waals surface area contributed by atoms with Gasteiger partial charge in [-0.05, 0) is 46.0 Å². The van der Waals surface area contributed by atoms with E-state index >= 15 is 0 Å². The molecule has 0 aliphatic carbocycles. The number of hydrogen-bond donors (Lipinski definition) is 1. The van der Waals surface area contributed by atoms with Crippen molar-refractivity contribution < 1.29 is 5.11 Å². The van der Waals surface area contributed by atoms with Crippen molar-refractivity contribution >= 4 is 11.5 Å². The minimum Gasteiger partial charge on any atom is -0.507 e. The summed E-state index contributed by atoms with van der Waals surface area (Å²) in [6.45, 7) is 12.0. The van der Waals surface area contributed by atoms with E-state index < -0.39 is 0 Å². The maximum Gasteiger partial charge on any atom is 0.127 e. The molecule has 0 bridgehead atoms. The molecule has 3 rings (SSSR count). The lowest BCUT2D eigenvalue weighted by Crippen LogP contribution is -2.56. The van der Waals surface area contributed by atoms with E-state index in [1.807, 2.05) is 13.0 Å². The molecule has 1 fully saturated rings. The molecule has 2 atom stereocenters. The molecule has 1 aromatic heterocycles. The first-order valence-electron chi connectivity index (χ1n) is 9.32. The number of amidine groups is 1. The Morgan fingerprint density at radius 2 is 1.82 bits per heavy atom. The van der Waals surface area contributed by atoms with E-state index in [9.17, 15) is 5.11 Å². The zero-order valence-corrected chi connectivity index (χ0v) is 16.8. The molecule has 1 saturated heterocycles. The third-order valence-corrected chi connectivity index (χ3v) is 5.22. The number of phenols is 1. The van der Waals surface area contributed by atoms with Crippen LogP contribution in [0.15, 0.2) is 53.5 Å². The first-order chi connectivity index (χ1) is 13.4. The van der Waals surface area contributed by atoms with Crippen LogP contribution in [0.3, 0.4) is 0 Å². The molecule has 148 valence electrons. The molecule has 0 unspecified atom stereocenters. The van der Waals surface area contributed by atoms with Gasteiger partial charge in [-0.2, -0.15) is 15.0 Å². The molecule has 0 amide bonds. The van der Waals surface area contributed by atoms with Crippen LogP contribution in [0.4, 0.5) is 0 Å². The highest BCUT2D eigenvalue weighted by Gasteiger charge is 2.27. The minimum absolute atomic E-state index is 0.0724. The van der Waals surface area contributed by atoms with Gasteiger partial charge in [-0.25, -0.2) is 0 Å². The van der Waals surface area contributed by atoms with E-state index in [4.69, 9.17) is 0 Å². The number of rotatable bonds is 4. The SMILES string of the molecule is C=C/C(=N\N=C(/C)N1C[C@@H](C)N(C)[C@@H](C)C1)c1ccc(-n2nccn2)cc1O. The van der Waals surface area contributed by atoms with Gasteiger partial charge in [0.2, 0.25) is 0 Å².